The highest BCUT2D eigenvalue weighted by molar-refractivity contribution is 7.91. The molecule has 1 aromatic heterocycles. The van der Waals surface area contributed by atoms with E-state index in [4.69, 9.17) is 0 Å². The molecule has 1 aromatic carbocycles. The summed E-state index contributed by atoms with van der Waals surface area (Å²) < 4.78 is 26.8. The van der Waals surface area contributed by atoms with E-state index in [2.05, 4.69) is 10.6 Å². The van der Waals surface area contributed by atoms with Crippen molar-refractivity contribution in [1.82, 2.24) is 9.62 Å². The van der Waals surface area contributed by atoms with Crippen molar-refractivity contribution in [2.45, 2.75) is 43.9 Å². The van der Waals surface area contributed by atoms with Gasteiger partial charge in [0, 0.05) is 36.0 Å². The lowest BCUT2D eigenvalue weighted by molar-refractivity contribution is -0.122. The van der Waals surface area contributed by atoms with Gasteiger partial charge in [0.05, 0.1) is 6.54 Å². The molecule has 30 heavy (non-hydrogen) atoms. The molecule has 9 heteroatoms. The zero-order chi connectivity index (χ0) is 21.7. The molecule has 162 valence electrons. The predicted molar refractivity (Wildman–Crippen MR) is 118 cm³/mol. The largest absolute Gasteiger partial charge is 0.351 e. The maximum absolute atomic E-state index is 12.6. The van der Waals surface area contributed by atoms with Gasteiger partial charge in [0.15, 0.2) is 0 Å². The van der Waals surface area contributed by atoms with E-state index in [-0.39, 0.29) is 34.9 Å². The Labute approximate surface area is 181 Å². The summed E-state index contributed by atoms with van der Waals surface area (Å²) >= 11 is 1.17. The fraction of sp³-hybridized carbons (Fsp3) is 0.429. The number of nitrogens with one attached hydrogen (secondary N) is 2. The monoisotopic (exact) mass is 449 g/mol. The number of para-hydroxylation sites is 1. The van der Waals surface area contributed by atoms with Gasteiger partial charge in [0.1, 0.15) is 4.21 Å². The summed E-state index contributed by atoms with van der Waals surface area (Å²) in [4.78, 5) is 25.3. The zero-order valence-corrected chi connectivity index (χ0v) is 18.8. The lowest BCUT2D eigenvalue weighted by Crippen LogP contribution is -2.31. The van der Waals surface area contributed by atoms with Crippen molar-refractivity contribution in [2.24, 2.45) is 5.92 Å². The van der Waals surface area contributed by atoms with Crippen molar-refractivity contribution in [1.29, 1.82) is 0 Å². The first-order chi connectivity index (χ1) is 14.3. The molecular weight excluding hydrogens is 422 g/mol. The molecule has 0 aliphatic carbocycles. The average molecular weight is 450 g/mol. The molecule has 1 atom stereocenters. The fourth-order valence-corrected chi connectivity index (χ4v) is 6.42. The Balaban J connectivity index is 1.50. The summed E-state index contributed by atoms with van der Waals surface area (Å²) in [6.07, 6.45) is 1.35. The van der Waals surface area contributed by atoms with Gasteiger partial charge in [-0.25, -0.2) is 8.42 Å². The Morgan fingerprint density at radius 1 is 1.20 bits per heavy atom. The molecule has 1 aliphatic heterocycles. The van der Waals surface area contributed by atoms with Crippen LogP contribution >= 0.6 is 11.3 Å². The predicted octanol–water partition coefficient (Wildman–Crippen LogP) is 2.99. The summed E-state index contributed by atoms with van der Waals surface area (Å²) in [5.41, 5.74) is 1.93. The minimum absolute atomic E-state index is 0.0500. The van der Waals surface area contributed by atoms with E-state index in [0.29, 0.717) is 25.9 Å². The van der Waals surface area contributed by atoms with Gasteiger partial charge in [-0.3, -0.25) is 9.59 Å². The Morgan fingerprint density at radius 3 is 2.67 bits per heavy atom. The molecular formula is C21H27N3O4S2. The van der Waals surface area contributed by atoms with E-state index < -0.39 is 10.0 Å². The Kier molecular flexibility index (Phi) is 7.27. The Morgan fingerprint density at radius 2 is 1.93 bits per heavy atom. The van der Waals surface area contributed by atoms with Gasteiger partial charge in [-0.05, 0) is 36.6 Å². The number of nitrogens with zero attached hydrogens (tertiary/aromatic N) is 1. The molecule has 0 radical (unpaired) electrons. The molecule has 2 N–H and O–H groups in total. The summed E-state index contributed by atoms with van der Waals surface area (Å²) in [5, 5.41) is 5.72. The van der Waals surface area contributed by atoms with Crippen LogP contribution in [0.25, 0.3) is 0 Å². The van der Waals surface area contributed by atoms with Crippen LogP contribution in [-0.2, 0) is 32.6 Å². The first-order valence-corrected chi connectivity index (χ1v) is 12.3. The average Bonchev–Trinajstić information content (AvgIpc) is 3.21. The second-order valence-corrected chi connectivity index (χ2v) is 10.5. The molecule has 1 aliphatic rings. The van der Waals surface area contributed by atoms with Gasteiger partial charge in [0.25, 0.3) is 10.0 Å². The lowest BCUT2D eigenvalue weighted by Gasteiger charge is -2.24. The minimum Gasteiger partial charge on any atom is -0.351 e. The molecule has 0 spiro atoms. The van der Waals surface area contributed by atoms with Gasteiger partial charge in [0.2, 0.25) is 11.8 Å². The third kappa shape index (κ3) is 5.08. The molecule has 3 rings (SSSR count). The number of rotatable bonds is 9. The SMILES string of the molecule is CCN(CC)S(=O)(=O)c1ccc(CNC(=O)CCC2Cc3ccccc3NC2=O)s1. The van der Waals surface area contributed by atoms with Gasteiger partial charge in [-0.1, -0.05) is 32.0 Å². The van der Waals surface area contributed by atoms with E-state index in [1.807, 2.05) is 24.3 Å². The second-order valence-electron chi connectivity index (χ2n) is 7.17. The molecule has 0 saturated heterocycles. The van der Waals surface area contributed by atoms with E-state index in [1.165, 1.54) is 15.6 Å². The number of sulfonamides is 1. The van der Waals surface area contributed by atoms with Crippen LogP contribution in [0.1, 0.15) is 37.1 Å². The molecule has 2 heterocycles. The second kappa shape index (κ2) is 9.72. The van der Waals surface area contributed by atoms with Crippen LogP contribution in [0, 0.1) is 5.92 Å². The fourth-order valence-electron chi connectivity index (χ4n) is 3.51. The quantitative estimate of drug-likeness (QED) is 0.615. The van der Waals surface area contributed by atoms with Crippen molar-refractivity contribution in [2.75, 3.05) is 18.4 Å². The van der Waals surface area contributed by atoms with Crippen molar-refractivity contribution in [3.8, 4) is 0 Å². The van der Waals surface area contributed by atoms with Crippen molar-refractivity contribution in [3.05, 3.63) is 46.8 Å². The summed E-state index contributed by atoms with van der Waals surface area (Å²) in [6.45, 7) is 4.73. The van der Waals surface area contributed by atoms with E-state index >= 15 is 0 Å². The van der Waals surface area contributed by atoms with Crippen LogP contribution in [0.4, 0.5) is 5.69 Å². The number of anilines is 1. The standard InChI is InChI=1S/C21H27N3O4S2/c1-3-24(4-2)30(27,28)20-12-10-17(29-20)14-22-19(25)11-9-16-13-15-7-5-6-8-18(15)23-21(16)26/h5-8,10,12,16H,3-4,9,11,13-14H2,1-2H3,(H,22,25)(H,23,26). The number of hydrogen-bond donors (Lipinski definition) is 2. The number of thiophene rings is 1. The van der Waals surface area contributed by atoms with Gasteiger partial charge >= 0.3 is 0 Å². The smallest absolute Gasteiger partial charge is 0.252 e. The van der Waals surface area contributed by atoms with E-state index in [1.54, 1.807) is 26.0 Å². The van der Waals surface area contributed by atoms with Crippen LogP contribution in [0.5, 0.6) is 0 Å². The molecule has 0 bridgehead atoms. The van der Waals surface area contributed by atoms with Crippen LogP contribution < -0.4 is 10.6 Å². The topological polar surface area (TPSA) is 95.6 Å². The number of benzene rings is 1. The maximum atomic E-state index is 12.6. The highest BCUT2D eigenvalue weighted by Crippen LogP contribution is 2.28. The molecule has 2 aromatic rings. The number of carbonyl (C=O) groups is 2. The molecule has 7 nitrogen and oxygen atoms in total. The van der Waals surface area contributed by atoms with E-state index in [9.17, 15) is 18.0 Å². The molecule has 0 fully saturated rings. The van der Waals surface area contributed by atoms with Crippen LogP contribution in [0.15, 0.2) is 40.6 Å². The summed E-state index contributed by atoms with van der Waals surface area (Å²) in [7, 11) is -3.48. The summed E-state index contributed by atoms with van der Waals surface area (Å²) in [5.74, 6) is -0.424. The summed E-state index contributed by atoms with van der Waals surface area (Å²) in [6, 6.07) is 11.0. The van der Waals surface area contributed by atoms with Crippen LogP contribution in [0.2, 0.25) is 0 Å². The van der Waals surface area contributed by atoms with E-state index in [0.717, 1.165) is 16.1 Å². The number of carbonyl (C=O) groups excluding carboxylic acids is 2. The third-order valence-electron chi connectivity index (χ3n) is 5.23. The van der Waals surface area contributed by atoms with Crippen molar-refractivity contribution >= 4 is 38.9 Å². The lowest BCUT2D eigenvalue weighted by atomic mass is 9.89. The molecule has 1 unspecified atom stereocenters. The number of amides is 2. The highest BCUT2D eigenvalue weighted by atomic mass is 32.2. The molecule has 2 amide bonds. The third-order valence-corrected chi connectivity index (χ3v) is 8.83. The maximum Gasteiger partial charge on any atom is 0.252 e. The zero-order valence-electron chi connectivity index (χ0n) is 17.2. The minimum atomic E-state index is -3.48. The first-order valence-electron chi connectivity index (χ1n) is 10.1. The van der Waals surface area contributed by atoms with Crippen molar-refractivity contribution in [3.63, 3.8) is 0 Å². The highest BCUT2D eigenvalue weighted by Gasteiger charge is 2.26. The van der Waals surface area contributed by atoms with Crippen molar-refractivity contribution < 1.29 is 18.0 Å². The molecule has 0 saturated carbocycles. The first kappa shape index (κ1) is 22.5. The van der Waals surface area contributed by atoms with Gasteiger partial charge < -0.3 is 10.6 Å². The number of fused-ring (bicyclic) bond motifs is 1. The van der Waals surface area contributed by atoms with Crippen LogP contribution in [0.3, 0.4) is 0 Å². The normalized spacial score (nSPS) is 16.2. The number of hydrogen-bond acceptors (Lipinski definition) is 5. The van der Waals surface area contributed by atoms with Crippen LogP contribution in [-0.4, -0.2) is 37.6 Å². The van der Waals surface area contributed by atoms with Gasteiger partial charge in [-0.2, -0.15) is 4.31 Å². The van der Waals surface area contributed by atoms with Gasteiger partial charge in [-0.15, -0.1) is 11.3 Å². The Bertz CT molecular complexity index is 1010. The Hall–Kier alpha value is -2.23.